The van der Waals surface area contributed by atoms with Gasteiger partial charge in [-0.2, -0.15) is 0 Å². The lowest BCUT2D eigenvalue weighted by atomic mass is 10.1. The highest BCUT2D eigenvalue weighted by Crippen LogP contribution is 2.17. The molecule has 0 saturated heterocycles. The standard InChI is InChI=1S/C21H23FO4/c1-21(2,3)26-20(24)12-11-19(23)16-7-9-18(10-8-16)25-14-15-5-4-6-17(22)13-15/h4-10,13H,11-12,14H2,1-3H3. The quantitative estimate of drug-likeness (QED) is 0.531. The zero-order valence-corrected chi connectivity index (χ0v) is 15.3. The van der Waals surface area contributed by atoms with Gasteiger partial charge in [-0.15, -0.1) is 0 Å². The summed E-state index contributed by atoms with van der Waals surface area (Å²) >= 11 is 0. The van der Waals surface area contributed by atoms with Gasteiger partial charge in [0.2, 0.25) is 0 Å². The summed E-state index contributed by atoms with van der Waals surface area (Å²) in [6.45, 7) is 5.60. The van der Waals surface area contributed by atoms with E-state index in [1.54, 1.807) is 57.2 Å². The van der Waals surface area contributed by atoms with E-state index >= 15 is 0 Å². The summed E-state index contributed by atoms with van der Waals surface area (Å²) in [5.41, 5.74) is 0.676. The normalized spacial score (nSPS) is 11.1. The average Bonchev–Trinajstić information content (AvgIpc) is 2.57. The van der Waals surface area contributed by atoms with E-state index in [0.29, 0.717) is 11.3 Å². The van der Waals surface area contributed by atoms with Gasteiger partial charge in [-0.05, 0) is 62.7 Å². The number of rotatable bonds is 7. The second-order valence-electron chi connectivity index (χ2n) is 6.95. The van der Waals surface area contributed by atoms with Crippen LogP contribution in [0, 0.1) is 5.82 Å². The van der Waals surface area contributed by atoms with Gasteiger partial charge in [-0.25, -0.2) is 4.39 Å². The first-order chi connectivity index (χ1) is 12.2. The molecule has 0 atom stereocenters. The van der Waals surface area contributed by atoms with Gasteiger partial charge in [0, 0.05) is 12.0 Å². The van der Waals surface area contributed by atoms with Gasteiger partial charge in [-0.3, -0.25) is 9.59 Å². The third-order valence-electron chi connectivity index (χ3n) is 3.45. The Morgan fingerprint density at radius 2 is 1.69 bits per heavy atom. The monoisotopic (exact) mass is 358 g/mol. The fraction of sp³-hybridized carbons (Fsp3) is 0.333. The van der Waals surface area contributed by atoms with Crippen LogP contribution in [-0.4, -0.2) is 17.4 Å². The molecule has 0 N–H and O–H groups in total. The molecule has 2 aromatic rings. The number of halogens is 1. The molecule has 26 heavy (non-hydrogen) atoms. The summed E-state index contributed by atoms with van der Waals surface area (Å²) < 4.78 is 23.9. The minimum atomic E-state index is -0.555. The number of carbonyl (C=O) groups excluding carboxylic acids is 2. The number of ether oxygens (including phenoxy) is 2. The average molecular weight is 358 g/mol. The highest BCUT2D eigenvalue weighted by molar-refractivity contribution is 5.97. The first kappa shape index (κ1) is 19.6. The van der Waals surface area contributed by atoms with Gasteiger partial charge in [0.05, 0.1) is 6.42 Å². The molecule has 0 heterocycles. The molecule has 0 unspecified atom stereocenters. The Balaban J connectivity index is 1.84. The lowest BCUT2D eigenvalue weighted by Gasteiger charge is -2.19. The number of carbonyl (C=O) groups is 2. The number of benzene rings is 2. The van der Waals surface area contributed by atoms with E-state index in [9.17, 15) is 14.0 Å². The molecule has 0 bridgehead atoms. The van der Waals surface area contributed by atoms with Gasteiger partial charge in [0.25, 0.3) is 0 Å². The summed E-state index contributed by atoms with van der Waals surface area (Å²) in [5.74, 6) is -0.247. The van der Waals surface area contributed by atoms with Crippen LogP contribution in [0.3, 0.4) is 0 Å². The van der Waals surface area contributed by atoms with Crippen LogP contribution in [0.2, 0.25) is 0 Å². The zero-order chi connectivity index (χ0) is 19.2. The Labute approximate surface area is 152 Å². The number of Topliss-reactive ketones (excluding diaryl/α,β-unsaturated/α-hetero) is 1. The van der Waals surface area contributed by atoms with Gasteiger partial charge in [-0.1, -0.05) is 12.1 Å². The molecule has 0 aliphatic carbocycles. The van der Waals surface area contributed by atoms with E-state index in [1.807, 2.05) is 0 Å². The second kappa shape index (κ2) is 8.61. The van der Waals surface area contributed by atoms with Crippen LogP contribution in [0.1, 0.15) is 49.5 Å². The number of ketones is 1. The Bertz CT molecular complexity index is 760. The fourth-order valence-electron chi connectivity index (χ4n) is 2.28. The van der Waals surface area contributed by atoms with Crippen LogP contribution in [-0.2, 0) is 16.1 Å². The summed E-state index contributed by atoms with van der Waals surface area (Å²) in [6, 6.07) is 12.9. The molecule has 0 amide bonds. The molecule has 0 spiro atoms. The topological polar surface area (TPSA) is 52.6 Å². The highest BCUT2D eigenvalue weighted by Gasteiger charge is 2.17. The largest absolute Gasteiger partial charge is 0.489 e. The molecule has 0 aliphatic heterocycles. The Morgan fingerprint density at radius 1 is 1.00 bits per heavy atom. The second-order valence-corrected chi connectivity index (χ2v) is 6.95. The maximum atomic E-state index is 13.1. The van der Waals surface area contributed by atoms with Gasteiger partial charge >= 0.3 is 5.97 Å². The Morgan fingerprint density at radius 3 is 2.31 bits per heavy atom. The van der Waals surface area contributed by atoms with Crippen LogP contribution in [0.15, 0.2) is 48.5 Å². The van der Waals surface area contributed by atoms with Crippen molar-refractivity contribution in [3.05, 3.63) is 65.5 Å². The van der Waals surface area contributed by atoms with Crippen LogP contribution in [0.5, 0.6) is 5.75 Å². The molecule has 5 heteroatoms. The first-order valence-corrected chi connectivity index (χ1v) is 8.45. The van der Waals surface area contributed by atoms with Crippen LogP contribution < -0.4 is 4.74 Å². The predicted octanol–water partition coefficient (Wildman–Crippen LogP) is 4.71. The molecule has 138 valence electrons. The molecule has 0 fully saturated rings. The number of hydrogen-bond donors (Lipinski definition) is 0. The van der Waals surface area contributed by atoms with Gasteiger partial charge in [0.15, 0.2) is 5.78 Å². The first-order valence-electron chi connectivity index (χ1n) is 8.45. The van der Waals surface area contributed by atoms with Gasteiger partial charge < -0.3 is 9.47 Å². The molecular formula is C21H23FO4. The van der Waals surface area contributed by atoms with E-state index in [0.717, 1.165) is 5.56 Å². The fourth-order valence-corrected chi connectivity index (χ4v) is 2.28. The van der Waals surface area contributed by atoms with Crippen molar-refractivity contribution in [3.8, 4) is 5.75 Å². The SMILES string of the molecule is CC(C)(C)OC(=O)CCC(=O)c1ccc(OCc2cccc(F)c2)cc1. The van der Waals surface area contributed by atoms with E-state index in [2.05, 4.69) is 0 Å². The van der Waals surface area contributed by atoms with Crippen molar-refractivity contribution in [2.45, 2.75) is 45.8 Å². The van der Waals surface area contributed by atoms with Crippen molar-refractivity contribution in [1.82, 2.24) is 0 Å². The van der Waals surface area contributed by atoms with Crippen molar-refractivity contribution in [3.63, 3.8) is 0 Å². The summed E-state index contributed by atoms with van der Waals surface area (Å²) in [6.07, 6.45) is 0.145. The van der Waals surface area contributed by atoms with Crippen molar-refractivity contribution >= 4 is 11.8 Å². The third kappa shape index (κ3) is 6.67. The molecule has 2 aromatic carbocycles. The maximum Gasteiger partial charge on any atom is 0.306 e. The minimum Gasteiger partial charge on any atom is -0.489 e. The predicted molar refractivity (Wildman–Crippen MR) is 96.6 cm³/mol. The van der Waals surface area contributed by atoms with Gasteiger partial charge in [0.1, 0.15) is 23.8 Å². The van der Waals surface area contributed by atoms with Crippen LogP contribution >= 0.6 is 0 Å². The lowest BCUT2D eigenvalue weighted by molar-refractivity contribution is -0.154. The highest BCUT2D eigenvalue weighted by atomic mass is 19.1. The molecule has 2 rings (SSSR count). The molecule has 0 radical (unpaired) electrons. The minimum absolute atomic E-state index is 0.0495. The van der Waals surface area contributed by atoms with E-state index < -0.39 is 5.60 Å². The molecule has 0 saturated carbocycles. The molecule has 0 aromatic heterocycles. The summed E-state index contributed by atoms with van der Waals surface area (Å²) in [4.78, 5) is 23.8. The third-order valence-corrected chi connectivity index (χ3v) is 3.45. The number of hydrogen-bond acceptors (Lipinski definition) is 4. The Kier molecular flexibility index (Phi) is 6.50. The summed E-state index contributed by atoms with van der Waals surface area (Å²) in [5, 5.41) is 0. The van der Waals surface area contributed by atoms with Crippen LogP contribution in [0.25, 0.3) is 0 Å². The maximum absolute atomic E-state index is 13.1. The lowest BCUT2D eigenvalue weighted by Crippen LogP contribution is -2.24. The van der Waals surface area contributed by atoms with E-state index in [1.165, 1.54) is 12.1 Å². The molecule has 0 aliphatic rings. The number of esters is 1. The van der Waals surface area contributed by atoms with E-state index in [4.69, 9.17) is 9.47 Å². The van der Waals surface area contributed by atoms with Crippen LogP contribution in [0.4, 0.5) is 4.39 Å². The zero-order valence-electron chi connectivity index (χ0n) is 15.3. The van der Waals surface area contributed by atoms with Crippen molar-refractivity contribution < 1.29 is 23.5 Å². The summed E-state index contributed by atoms with van der Waals surface area (Å²) in [7, 11) is 0. The Hall–Kier alpha value is -2.69. The molecule has 4 nitrogen and oxygen atoms in total. The van der Waals surface area contributed by atoms with E-state index in [-0.39, 0.29) is 37.0 Å². The molecular weight excluding hydrogens is 335 g/mol. The smallest absolute Gasteiger partial charge is 0.306 e. The van der Waals surface area contributed by atoms with Crippen molar-refractivity contribution in [1.29, 1.82) is 0 Å². The van der Waals surface area contributed by atoms with Crippen molar-refractivity contribution in [2.24, 2.45) is 0 Å². The van der Waals surface area contributed by atoms with Crippen molar-refractivity contribution in [2.75, 3.05) is 0 Å².